The van der Waals surface area contributed by atoms with E-state index in [-0.39, 0.29) is 47.0 Å². The number of halogens is 2. The van der Waals surface area contributed by atoms with Gasteiger partial charge in [-0.3, -0.25) is 4.99 Å². The van der Waals surface area contributed by atoms with E-state index < -0.39 is 9.84 Å². The number of nitrogens with zero attached hydrogens (tertiary/aromatic N) is 3. The second-order valence-corrected chi connectivity index (χ2v) is 9.52. The first-order chi connectivity index (χ1) is 12.3. The zero-order valence-corrected chi connectivity index (χ0v) is 18.8. The molecule has 1 atom stereocenters. The van der Waals surface area contributed by atoms with Gasteiger partial charge in [0.25, 0.3) is 0 Å². The van der Waals surface area contributed by atoms with Gasteiger partial charge in [-0.2, -0.15) is 0 Å². The van der Waals surface area contributed by atoms with Gasteiger partial charge >= 0.3 is 0 Å². The molecule has 10 heteroatoms. The minimum atomic E-state index is -2.99. The highest BCUT2D eigenvalue weighted by Gasteiger charge is 2.45. The summed E-state index contributed by atoms with van der Waals surface area (Å²) in [6, 6.07) is 3.13. The van der Waals surface area contributed by atoms with Crippen molar-refractivity contribution in [2.45, 2.75) is 25.3 Å². The van der Waals surface area contributed by atoms with Crippen LogP contribution in [0.25, 0.3) is 0 Å². The summed E-state index contributed by atoms with van der Waals surface area (Å²) in [5.41, 5.74) is -0.163. The number of aromatic nitrogens is 1. The molecular formula is C17H27FIN5O2S. The van der Waals surface area contributed by atoms with E-state index in [1.807, 2.05) is 4.90 Å². The van der Waals surface area contributed by atoms with Crippen molar-refractivity contribution in [2.75, 3.05) is 43.6 Å². The summed E-state index contributed by atoms with van der Waals surface area (Å²) in [6.07, 6.45) is 5.56. The summed E-state index contributed by atoms with van der Waals surface area (Å²) in [4.78, 5) is 10.3. The maximum Gasteiger partial charge on any atom is 0.191 e. The number of anilines is 1. The summed E-state index contributed by atoms with van der Waals surface area (Å²) in [7, 11) is -1.30. The van der Waals surface area contributed by atoms with E-state index >= 15 is 0 Å². The standard InChI is InChI=1S/C17H26FN5O2S.HI/c1-19-16(21-11-17(6-7-17)12-26(2,24)25)22-13-5-9-23(10-13)15-14(18)4-3-8-20-15;/h3-4,8,13H,5-7,9-12H2,1-2H3,(H2,19,21,22);1H. The molecule has 1 aliphatic heterocycles. The van der Waals surface area contributed by atoms with Crippen molar-refractivity contribution < 1.29 is 12.8 Å². The van der Waals surface area contributed by atoms with Crippen molar-refractivity contribution in [3.05, 3.63) is 24.1 Å². The molecule has 27 heavy (non-hydrogen) atoms. The van der Waals surface area contributed by atoms with Crippen LogP contribution in [0.3, 0.4) is 0 Å². The molecule has 0 radical (unpaired) electrons. The zero-order chi connectivity index (χ0) is 18.8. The quantitative estimate of drug-likeness (QED) is 0.341. The molecule has 2 fully saturated rings. The summed E-state index contributed by atoms with van der Waals surface area (Å²) >= 11 is 0. The smallest absolute Gasteiger partial charge is 0.191 e. The van der Waals surface area contributed by atoms with Crippen molar-refractivity contribution in [2.24, 2.45) is 10.4 Å². The van der Waals surface area contributed by atoms with Crippen LogP contribution in [0.2, 0.25) is 0 Å². The molecule has 1 aromatic rings. The van der Waals surface area contributed by atoms with Crippen molar-refractivity contribution in [1.29, 1.82) is 0 Å². The van der Waals surface area contributed by atoms with Gasteiger partial charge in [0, 0.05) is 50.6 Å². The summed E-state index contributed by atoms with van der Waals surface area (Å²) in [5, 5.41) is 6.60. The van der Waals surface area contributed by atoms with Gasteiger partial charge in [0.15, 0.2) is 17.6 Å². The Hall–Kier alpha value is -1.17. The van der Waals surface area contributed by atoms with Gasteiger partial charge in [-0.25, -0.2) is 17.8 Å². The average molecular weight is 511 g/mol. The topological polar surface area (TPSA) is 86.7 Å². The lowest BCUT2D eigenvalue weighted by atomic mass is 10.1. The first-order valence-electron chi connectivity index (χ1n) is 8.81. The third kappa shape index (κ3) is 6.16. The van der Waals surface area contributed by atoms with Gasteiger partial charge in [0.05, 0.1) is 5.75 Å². The molecule has 1 saturated carbocycles. The highest BCUT2D eigenvalue weighted by atomic mass is 127. The predicted octanol–water partition coefficient (Wildman–Crippen LogP) is 1.41. The number of guanidine groups is 1. The molecule has 1 aromatic heterocycles. The van der Waals surface area contributed by atoms with Gasteiger partial charge in [0.2, 0.25) is 0 Å². The minimum absolute atomic E-state index is 0. The molecule has 2 N–H and O–H groups in total. The number of hydrogen-bond acceptors (Lipinski definition) is 5. The van der Waals surface area contributed by atoms with Crippen LogP contribution in [0, 0.1) is 11.2 Å². The van der Waals surface area contributed by atoms with E-state index in [2.05, 4.69) is 20.6 Å². The summed E-state index contributed by atoms with van der Waals surface area (Å²) in [6.45, 7) is 1.95. The van der Waals surface area contributed by atoms with E-state index in [1.54, 1.807) is 19.3 Å². The number of sulfone groups is 1. The molecule has 2 heterocycles. The van der Waals surface area contributed by atoms with Crippen LogP contribution >= 0.6 is 24.0 Å². The molecule has 0 amide bonds. The molecule has 152 valence electrons. The third-order valence-electron chi connectivity index (χ3n) is 4.95. The first-order valence-corrected chi connectivity index (χ1v) is 10.9. The molecule has 3 rings (SSSR count). The van der Waals surface area contributed by atoms with E-state index in [0.29, 0.717) is 24.9 Å². The average Bonchev–Trinajstić information content (AvgIpc) is 3.16. The largest absolute Gasteiger partial charge is 0.356 e. The normalized spacial score (nSPS) is 21.5. The number of pyridine rings is 1. The van der Waals surface area contributed by atoms with Crippen molar-refractivity contribution in [3.8, 4) is 0 Å². The van der Waals surface area contributed by atoms with Crippen LogP contribution in [-0.4, -0.2) is 64.1 Å². The van der Waals surface area contributed by atoms with Gasteiger partial charge in [-0.1, -0.05) is 0 Å². The molecular weight excluding hydrogens is 484 g/mol. The Morgan fingerprint density at radius 3 is 2.81 bits per heavy atom. The lowest BCUT2D eigenvalue weighted by Crippen LogP contribution is -2.46. The maximum atomic E-state index is 13.9. The molecule has 7 nitrogen and oxygen atoms in total. The Kier molecular flexibility index (Phi) is 7.28. The third-order valence-corrected chi connectivity index (χ3v) is 6.08. The number of aliphatic imine (C=N–C) groups is 1. The van der Waals surface area contributed by atoms with Crippen LogP contribution in [-0.2, 0) is 9.84 Å². The lowest BCUT2D eigenvalue weighted by Gasteiger charge is -2.21. The second kappa shape index (κ2) is 8.89. The minimum Gasteiger partial charge on any atom is -0.356 e. The molecule has 0 aromatic carbocycles. The van der Waals surface area contributed by atoms with E-state index in [0.717, 1.165) is 25.8 Å². The predicted molar refractivity (Wildman–Crippen MR) is 116 cm³/mol. The number of hydrogen-bond donors (Lipinski definition) is 2. The van der Waals surface area contributed by atoms with Crippen LogP contribution in [0.1, 0.15) is 19.3 Å². The molecule has 1 aliphatic carbocycles. The van der Waals surface area contributed by atoms with Crippen molar-refractivity contribution >= 4 is 45.6 Å². The molecule has 2 aliphatic rings. The Balaban J connectivity index is 0.00000261. The highest BCUT2D eigenvalue weighted by molar-refractivity contribution is 14.0. The van der Waals surface area contributed by atoms with Crippen molar-refractivity contribution in [1.82, 2.24) is 15.6 Å². The molecule has 1 saturated heterocycles. The second-order valence-electron chi connectivity index (χ2n) is 7.38. The highest BCUT2D eigenvalue weighted by Crippen LogP contribution is 2.46. The van der Waals surface area contributed by atoms with E-state index in [4.69, 9.17) is 0 Å². The fourth-order valence-corrected chi connectivity index (χ4v) is 4.95. The van der Waals surface area contributed by atoms with Crippen LogP contribution in [0.15, 0.2) is 23.3 Å². The Morgan fingerprint density at radius 2 is 2.22 bits per heavy atom. The summed E-state index contributed by atoms with van der Waals surface area (Å²) < 4.78 is 37.0. The number of nitrogens with one attached hydrogen (secondary N) is 2. The molecule has 0 bridgehead atoms. The Bertz CT molecular complexity index is 785. The first kappa shape index (κ1) is 22.1. The monoisotopic (exact) mass is 511 g/mol. The van der Waals surface area contributed by atoms with Gasteiger partial charge in [0.1, 0.15) is 9.84 Å². The van der Waals surface area contributed by atoms with Gasteiger partial charge < -0.3 is 15.5 Å². The van der Waals surface area contributed by atoms with E-state index in [1.165, 1.54) is 12.3 Å². The molecule has 1 unspecified atom stereocenters. The van der Waals surface area contributed by atoms with Crippen LogP contribution in [0.5, 0.6) is 0 Å². The van der Waals surface area contributed by atoms with Gasteiger partial charge in [-0.15, -0.1) is 24.0 Å². The summed E-state index contributed by atoms with van der Waals surface area (Å²) in [5.74, 6) is 0.926. The Labute approximate surface area is 177 Å². The molecule has 0 spiro atoms. The van der Waals surface area contributed by atoms with Crippen LogP contribution in [0.4, 0.5) is 10.2 Å². The SMILES string of the molecule is CN=C(NCC1(CS(C)(=O)=O)CC1)NC1CCN(c2ncccc2F)C1.I. The fraction of sp³-hybridized carbons (Fsp3) is 0.647. The van der Waals surface area contributed by atoms with Gasteiger partial charge in [-0.05, 0) is 31.4 Å². The van der Waals surface area contributed by atoms with Crippen molar-refractivity contribution in [3.63, 3.8) is 0 Å². The number of rotatable bonds is 6. The Morgan fingerprint density at radius 1 is 1.48 bits per heavy atom. The van der Waals surface area contributed by atoms with Crippen LogP contribution < -0.4 is 15.5 Å². The zero-order valence-electron chi connectivity index (χ0n) is 15.6. The van der Waals surface area contributed by atoms with E-state index in [9.17, 15) is 12.8 Å². The fourth-order valence-electron chi connectivity index (χ4n) is 3.44. The maximum absolute atomic E-state index is 13.9. The lowest BCUT2D eigenvalue weighted by molar-refractivity contribution is 0.525.